The van der Waals surface area contributed by atoms with Crippen molar-refractivity contribution in [1.29, 1.82) is 0 Å². The second-order valence-corrected chi connectivity index (χ2v) is 11.6. The highest BCUT2D eigenvalue weighted by molar-refractivity contribution is 7.82. The minimum Gasteiger partial charge on any atom is -0.143 e. The van der Waals surface area contributed by atoms with E-state index < -0.39 is 5.41 Å². The zero-order valence-electron chi connectivity index (χ0n) is 20.1. The molecule has 5 rings (SSSR count). The maximum Gasteiger partial charge on any atom is 0.0445 e. The molecule has 5 aromatic carbocycles. The standard InChI is InChI=1S/C32H26S5/c1-32(31-29(36)18-24(33)19-30(31)37,22-12-14-27(34)25(16-22)20-8-4-2-5-9-20)23-13-15-28(35)26(17-23)21-10-6-3-7-11-21/h2-19,33-37H,1H3. The zero-order valence-corrected chi connectivity index (χ0v) is 24.6. The highest BCUT2D eigenvalue weighted by atomic mass is 32.1. The quantitative estimate of drug-likeness (QED) is 0.101. The number of hydrogen-bond acceptors (Lipinski definition) is 5. The first kappa shape index (κ1) is 26.5. The molecule has 5 heteroatoms. The van der Waals surface area contributed by atoms with Gasteiger partial charge in [0.25, 0.3) is 0 Å². The van der Waals surface area contributed by atoms with Gasteiger partial charge in [-0.2, -0.15) is 0 Å². The summed E-state index contributed by atoms with van der Waals surface area (Å²) in [6.07, 6.45) is 0. The Balaban J connectivity index is 1.82. The monoisotopic (exact) mass is 570 g/mol. The summed E-state index contributed by atoms with van der Waals surface area (Å²) >= 11 is 24.1. The minimum atomic E-state index is -0.578. The van der Waals surface area contributed by atoms with Crippen molar-refractivity contribution in [1.82, 2.24) is 0 Å². The Morgan fingerprint density at radius 3 is 1.27 bits per heavy atom. The molecule has 0 radical (unpaired) electrons. The Bertz CT molecular complexity index is 1460. The molecule has 0 fully saturated rings. The van der Waals surface area contributed by atoms with Crippen molar-refractivity contribution in [2.45, 2.75) is 36.8 Å². The first-order valence-electron chi connectivity index (χ1n) is 11.8. The van der Waals surface area contributed by atoms with Crippen LogP contribution in [-0.2, 0) is 5.41 Å². The molecule has 0 saturated carbocycles. The van der Waals surface area contributed by atoms with Crippen LogP contribution in [0.4, 0.5) is 0 Å². The molecule has 0 heterocycles. The van der Waals surface area contributed by atoms with Crippen LogP contribution in [0, 0.1) is 0 Å². The molecule has 0 bridgehead atoms. The molecule has 0 spiro atoms. The van der Waals surface area contributed by atoms with Crippen molar-refractivity contribution in [3.63, 3.8) is 0 Å². The van der Waals surface area contributed by atoms with E-state index in [9.17, 15) is 0 Å². The number of hydrogen-bond donors (Lipinski definition) is 5. The normalized spacial score (nSPS) is 11.5. The molecular weight excluding hydrogens is 545 g/mol. The van der Waals surface area contributed by atoms with E-state index in [0.29, 0.717) is 0 Å². The van der Waals surface area contributed by atoms with E-state index in [2.05, 4.69) is 104 Å². The molecule has 5 aromatic rings. The highest BCUT2D eigenvalue weighted by Crippen LogP contribution is 2.47. The summed E-state index contributed by atoms with van der Waals surface area (Å²) in [5, 5.41) is 0. The second kappa shape index (κ2) is 10.9. The maximum absolute atomic E-state index is 4.94. The molecule has 0 atom stereocenters. The van der Waals surface area contributed by atoms with Crippen LogP contribution in [0.5, 0.6) is 0 Å². The molecule has 0 unspecified atom stereocenters. The first-order chi connectivity index (χ1) is 17.8. The smallest absolute Gasteiger partial charge is 0.0445 e. The van der Waals surface area contributed by atoms with Gasteiger partial charge >= 0.3 is 0 Å². The summed E-state index contributed by atoms with van der Waals surface area (Å²) in [6.45, 7) is 2.24. The molecule has 0 saturated heterocycles. The molecule has 37 heavy (non-hydrogen) atoms. The van der Waals surface area contributed by atoms with Crippen molar-refractivity contribution in [3.8, 4) is 22.3 Å². The summed E-state index contributed by atoms with van der Waals surface area (Å²) in [4.78, 5) is 4.36. The third kappa shape index (κ3) is 5.13. The van der Waals surface area contributed by atoms with Gasteiger partial charge in [0.2, 0.25) is 0 Å². The molecule has 0 aliphatic rings. The summed E-state index contributed by atoms with van der Waals surface area (Å²) in [5.74, 6) is 0. The summed E-state index contributed by atoms with van der Waals surface area (Å²) in [5.41, 5.74) is 7.08. The van der Waals surface area contributed by atoms with E-state index >= 15 is 0 Å². The van der Waals surface area contributed by atoms with Gasteiger partial charge in [-0.3, -0.25) is 0 Å². The van der Waals surface area contributed by atoms with Crippen molar-refractivity contribution >= 4 is 63.1 Å². The van der Waals surface area contributed by atoms with Gasteiger partial charge in [-0.25, -0.2) is 0 Å². The SMILES string of the molecule is CC(c1ccc(S)c(-c2ccccc2)c1)(c1ccc(S)c(-c2ccccc2)c1)c1c(S)cc(S)cc1S. The lowest BCUT2D eigenvalue weighted by atomic mass is 9.70. The van der Waals surface area contributed by atoms with Crippen molar-refractivity contribution in [2.75, 3.05) is 0 Å². The van der Waals surface area contributed by atoms with Gasteiger partial charge < -0.3 is 0 Å². The topological polar surface area (TPSA) is 0 Å². The Hall–Kier alpha value is -2.15. The second-order valence-electron chi connectivity index (χ2n) is 9.18. The van der Waals surface area contributed by atoms with Crippen LogP contribution in [0.25, 0.3) is 22.3 Å². The average Bonchev–Trinajstić information content (AvgIpc) is 2.89. The van der Waals surface area contributed by atoms with Gasteiger partial charge in [0, 0.05) is 29.9 Å². The molecular formula is C32H26S5. The van der Waals surface area contributed by atoms with Crippen LogP contribution in [-0.4, -0.2) is 0 Å². The molecule has 0 aromatic heterocycles. The number of rotatable bonds is 5. The summed E-state index contributed by atoms with van der Waals surface area (Å²) in [6, 6.07) is 37.6. The van der Waals surface area contributed by atoms with E-state index in [4.69, 9.17) is 50.5 Å². The molecule has 0 aliphatic heterocycles. The van der Waals surface area contributed by atoms with Crippen LogP contribution in [0.3, 0.4) is 0 Å². The van der Waals surface area contributed by atoms with Crippen LogP contribution >= 0.6 is 63.1 Å². The van der Waals surface area contributed by atoms with Crippen molar-refractivity contribution in [2.24, 2.45) is 0 Å². The number of benzene rings is 5. The average molecular weight is 571 g/mol. The van der Waals surface area contributed by atoms with Crippen molar-refractivity contribution in [3.05, 3.63) is 126 Å². The molecule has 0 aliphatic carbocycles. The Morgan fingerprint density at radius 2 is 0.865 bits per heavy atom. The Morgan fingerprint density at radius 1 is 0.459 bits per heavy atom. The van der Waals surface area contributed by atoms with Crippen LogP contribution in [0.1, 0.15) is 23.6 Å². The largest absolute Gasteiger partial charge is 0.143 e. The van der Waals surface area contributed by atoms with E-state index in [-0.39, 0.29) is 0 Å². The lowest BCUT2D eigenvalue weighted by Gasteiger charge is -2.35. The lowest BCUT2D eigenvalue weighted by molar-refractivity contribution is 0.658. The fraction of sp³-hybridized carbons (Fsp3) is 0.0625. The zero-order chi connectivity index (χ0) is 26.2. The molecule has 0 amide bonds. The van der Waals surface area contributed by atoms with Gasteiger partial charge in [-0.05, 0) is 82.3 Å². The van der Waals surface area contributed by atoms with Crippen LogP contribution in [0.15, 0.2) is 134 Å². The highest BCUT2D eigenvalue weighted by Gasteiger charge is 2.35. The van der Waals surface area contributed by atoms with E-state index in [1.807, 2.05) is 24.3 Å². The van der Waals surface area contributed by atoms with E-state index in [1.165, 1.54) is 0 Å². The third-order valence-corrected chi connectivity index (χ3v) is 8.64. The van der Waals surface area contributed by atoms with Crippen LogP contribution in [0.2, 0.25) is 0 Å². The Kier molecular flexibility index (Phi) is 7.80. The minimum absolute atomic E-state index is 0.578. The van der Waals surface area contributed by atoms with Gasteiger partial charge in [-0.15, -0.1) is 63.1 Å². The van der Waals surface area contributed by atoms with Crippen LogP contribution < -0.4 is 0 Å². The van der Waals surface area contributed by atoms with Gasteiger partial charge in [-0.1, -0.05) is 72.8 Å². The molecule has 0 nitrogen and oxygen atoms in total. The van der Waals surface area contributed by atoms with E-state index in [1.54, 1.807) is 0 Å². The van der Waals surface area contributed by atoms with Gasteiger partial charge in [0.05, 0.1) is 0 Å². The predicted molar refractivity (Wildman–Crippen MR) is 172 cm³/mol. The Labute approximate surface area is 246 Å². The van der Waals surface area contributed by atoms with Gasteiger partial charge in [0.1, 0.15) is 0 Å². The fourth-order valence-corrected chi connectivity index (χ4v) is 7.01. The summed E-state index contributed by atoms with van der Waals surface area (Å²) < 4.78 is 0. The summed E-state index contributed by atoms with van der Waals surface area (Å²) in [7, 11) is 0. The fourth-order valence-electron chi connectivity index (χ4n) is 4.96. The van der Waals surface area contributed by atoms with Gasteiger partial charge in [0.15, 0.2) is 0 Å². The number of thiol groups is 5. The lowest BCUT2D eigenvalue weighted by Crippen LogP contribution is -2.27. The molecule has 184 valence electrons. The first-order valence-corrected chi connectivity index (χ1v) is 14.1. The predicted octanol–water partition coefficient (Wildman–Crippen LogP) is 9.82. The third-order valence-electron chi connectivity index (χ3n) is 6.90. The van der Waals surface area contributed by atoms with Crippen molar-refractivity contribution < 1.29 is 0 Å². The molecule has 0 N–H and O–H groups in total. The van der Waals surface area contributed by atoms with E-state index in [0.717, 1.165) is 63.4 Å². The maximum atomic E-state index is 4.94.